The number of rotatable bonds is 2. The lowest BCUT2D eigenvalue weighted by Gasteiger charge is -2.17. The minimum Gasteiger partial charge on any atom is -0.426 e. The average molecular weight is 143 g/mol. The molecule has 5 heteroatoms. The molecule has 1 fully saturated rings. The smallest absolute Gasteiger partial charge is 0.426 e. The molecule has 2 N–H and O–H groups in total. The van der Waals surface area contributed by atoms with Crippen LogP contribution in [-0.2, 0) is 4.79 Å². The summed E-state index contributed by atoms with van der Waals surface area (Å²) in [5, 5.41) is 17.4. The van der Waals surface area contributed by atoms with Crippen molar-refractivity contribution >= 4 is 13.5 Å². The van der Waals surface area contributed by atoms with Crippen molar-refractivity contribution in [2.45, 2.75) is 18.8 Å². The zero-order valence-corrected chi connectivity index (χ0v) is 5.60. The minimum atomic E-state index is -1.38. The molecular formula is C5H10BNO3. The molecule has 0 spiro atoms. The predicted molar refractivity (Wildman–Crippen MR) is 36.0 cm³/mol. The van der Waals surface area contributed by atoms with Crippen molar-refractivity contribution in [3.63, 3.8) is 0 Å². The Bertz CT molecular complexity index is 130. The van der Waals surface area contributed by atoms with Gasteiger partial charge in [-0.25, -0.2) is 0 Å². The lowest BCUT2D eigenvalue weighted by Crippen LogP contribution is -2.41. The summed E-state index contributed by atoms with van der Waals surface area (Å²) in [6.07, 6.45) is 2.22. The van der Waals surface area contributed by atoms with E-state index < -0.39 is 7.12 Å². The highest BCUT2D eigenvalue weighted by Crippen LogP contribution is 2.15. The van der Waals surface area contributed by atoms with Crippen molar-refractivity contribution in [3.05, 3.63) is 0 Å². The van der Waals surface area contributed by atoms with Gasteiger partial charge in [0.2, 0.25) is 6.41 Å². The van der Waals surface area contributed by atoms with Crippen molar-refractivity contribution in [1.29, 1.82) is 0 Å². The second-order valence-electron chi connectivity index (χ2n) is 2.47. The van der Waals surface area contributed by atoms with E-state index in [1.807, 2.05) is 0 Å². The topological polar surface area (TPSA) is 60.8 Å². The molecule has 4 nitrogen and oxygen atoms in total. The van der Waals surface area contributed by atoms with Crippen LogP contribution in [0.5, 0.6) is 0 Å². The molecule has 1 saturated heterocycles. The van der Waals surface area contributed by atoms with Gasteiger partial charge < -0.3 is 14.9 Å². The maximum atomic E-state index is 10.2. The summed E-state index contributed by atoms with van der Waals surface area (Å²) in [5.41, 5.74) is 0. The average Bonchev–Trinajstić information content (AvgIpc) is 2.33. The van der Waals surface area contributed by atoms with Gasteiger partial charge in [0.1, 0.15) is 0 Å². The highest BCUT2D eigenvalue weighted by atomic mass is 16.4. The summed E-state index contributed by atoms with van der Waals surface area (Å²) in [7, 11) is -1.38. The van der Waals surface area contributed by atoms with Gasteiger partial charge >= 0.3 is 7.12 Å². The number of hydrogen-bond acceptors (Lipinski definition) is 3. The summed E-state index contributed by atoms with van der Waals surface area (Å²) in [5.74, 6) is -0.377. The van der Waals surface area contributed by atoms with Gasteiger partial charge in [0.15, 0.2) is 0 Å². The monoisotopic (exact) mass is 143 g/mol. The van der Waals surface area contributed by atoms with Crippen LogP contribution in [0, 0.1) is 0 Å². The van der Waals surface area contributed by atoms with E-state index in [2.05, 4.69) is 0 Å². The van der Waals surface area contributed by atoms with E-state index >= 15 is 0 Å². The van der Waals surface area contributed by atoms with Gasteiger partial charge in [0.25, 0.3) is 0 Å². The number of carbonyl (C=O) groups excluding carboxylic acids is 1. The standard InChI is InChI=1S/C5H10BNO3/c8-4-7-3-1-2-5(7)6(9)10/h4-5,9-10H,1-3H2. The molecule has 0 radical (unpaired) electrons. The lowest BCUT2D eigenvalue weighted by atomic mass is 9.78. The van der Waals surface area contributed by atoms with Crippen LogP contribution in [0.4, 0.5) is 0 Å². The van der Waals surface area contributed by atoms with Crippen LogP contribution in [0.3, 0.4) is 0 Å². The quantitative estimate of drug-likeness (QED) is 0.370. The van der Waals surface area contributed by atoms with Crippen molar-refractivity contribution in [1.82, 2.24) is 4.90 Å². The largest absolute Gasteiger partial charge is 0.475 e. The van der Waals surface area contributed by atoms with Crippen LogP contribution >= 0.6 is 0 Å². The molecule has 1 heterocycles. The Morgan fingerprint density at radius 3 is 2.70 bits per heavy atom. The van der Waals surface area contributed by atoms with Crippen LogP contribution in [0.1, 0.15) is 12.8 Å². The van der Waals surface area contributed by atoms with E-state index in [0.29, 0.717) is 19.4 Å². The SMILES string of the molecule is O=CN1CCCC1B(O)O. The zero-order valence-electron chi connectivity index (χ0n) is 5.60. The van der Waals surface area contributed by atoms with Crippen LogP contribution in [0.2, 0.25) is 0 Å². The Hall–Kier alpha value is -0.545. The van der Waals surface area contributed by atoms with Crippen molar-refractivity contribution in [2.75, 3.05) is 6.54 Å². The first kappa shape index (κ1) is 7.56. The Kier molecular flexibility index (Phi) is 2.29. The van der Waals surface area contributed by atoms with Gasteiger partial charge in [-0.05, 0) is 12.8 Å². The third-order valence-corrected chi connectivity index (χ3v) is 1.82. The summed E-state index contributed by atoms with van der Waals surface area (Å²) < 4.78 is 0. The highest BCUT2D eigenvalue weighted by Gasteiger charge is 2.32. The van der Waals surface area contributed by atoms with Crippen molar-refractivity contribution < 1.29 is 14.8 Å². The van der Waals surface area contributed by atoms with Crippen LogP contribution < -0.4 is 0 Å². The maximum Gasteiger partial charge on any atom is 0.475 e. The summed E-state index contributed by atoms with van der Waals surface area (Å²) in [4.78, 5) is 11.6. The van der Waals surface area contributed by atoms with E-state index in [9.17, 15) is 4.79 Å². The number of nitrogens with zero attached hydrogens (tertiary/aromatic N) is 1. The van der Waals surface area contributed by atoms with Gasteiger partial charge in [-0.2, -0.15) is 0 Å². The normalized spacial score (nSPS) is 25.0. The molecule has 1 aliphatic heterocycles. The molecule has 1 rings (SSSR count). The molecule has 10 heavy (non-hydrogen) atoms. The Labute approximate surface area is 59.6 Å². The number of hydrogen-bond donors (Lipinski definition) is 2. The highest BCUT2D eigenvalue weighted by molar-refractivity contribution is 6.43. The molecule has 0 aromatic heterocycles. The van der Waals surface area contributed by atoms with Crippen molar-refractivity contribution in [2.24, 2.45) is 0 Å². The fourth-order valence-corrected chi connectivity index (χ4v) is 1.27. The first-order valence-electron chi connectivity index (χ1n) is 3.33. The maximum absolute atomic E-state index is 10.2. The first-order valence-corrected chi connectivity index (χ1v) is 3.33. The first-order chi connectivity index (χ1) is 4.75. The number of likely N-dealkylation sites (tertiary alicyclic amines) is 1. The van der Waals surface area contributed by atoms with Gasteiger partial charge in [-0.15, -0.1) is 0 Å². The third kappa shape index (κ3) is 1.30. The molecule has 0 aromatic rings. The minimum absolute atomic E-state index is 0.377. The molecule has 1 unspecified atom stereocenters. The molecule has 0 saturated carbocycles. The fraction of sp³-hybridized carbons (Fsp3) is 0.800. The summed E-state index contributed by atoms with van der Waals surface area (Å²) in [6.45, 7) is 0.645. The van der Waals surface area contributed by atoms with Crippen LogP contribution in [-0.4, -0.2) is 41.0 Å². The molecule has 0 bridgehead atoms. The van der Waals surface area contributed by atoms with Crippen molar-refractivity contribution in [3.8, 4) is 0 Å². The Morgan fingerprint density at radius 1 is 1.60 bits per heavy atom. The van der Waals surface area contributed by atoms with E-state index in [0.717, 1.165) is 6.42 Å². The predicted octanol–water partition coefficient (Wildman–Crippen LogP) is -1.38. The summed E-state index contributed by atoms with van der Waals surface area (Å²) >= 11 is 0. The Balaban J connectivity index is 2.49. The molecule has 0 aromatic carbocycles. The van der Waals surface area contributed by atoms with Crippen LogP contribution in [0.25, 0.3) is 0 Å². The number of amides is 1. The molecule has 1 aliphatic rings. The fourth-order valence-electron chi connectivity index (χ4n) is 1.27. The summed E-state index contributed by atoms with van der Waals surface area (Å²) in [6, 6.07) is 0. The second-order valence-corrected chi connectivity index (χ2v) is 2.47. The molecule has 0 aliphatic carbocycles. The lowest BCUT2D eigenvalue weighted by molar-refractivity contribution is -0.118. The number of carbonyl (C=O) groups is 1. The van der Waals surface area contributed by atoms with Crippen LogP contribution in [0.15, 0.2) is 0 Å². The molecule has 56 valence electrons. The van der Waals surface area contributed by atoms with E-state index in [4.69, 9.17) is 10.0 Å². The van der Waals surface area contributed by atoms with Gasteiger partial charge in [0, 0.05) is 6.54 Å². The molecule has 1 amide bonds. The molecular weight excluding hydrogens is 133 g/mol. The van der Waals surface area contributed by atoms with E-state index in [-0.39, 0.29) is 5.94 Å². The molecule has 1 atom stereocenters. The Morgan fingerprint density at radius 2 is 2.30 bits per heavy atom. The zero-order chi connectivity index (χ0) is 7.56. The van der Waals surface area contributed by atoms with Gasteiger partial charge in [-0.3, -0.25) is 4.79 Å². The second kappa shape index (κ2) is 3.03. The van der Waals surface area contributed by atoms with E-state index in [1.165, 1.54) is 4.90 Å². The van der Waals surface area contributed by atoms with Gasteiger partial charge in [-0.1, -0.05) is 0 Å². The van der Waals surface area contributed by atoms with Gasteiger partial charge in [0.05, 0.1) is 5.94 Å². The third-order valence-electron chi connectivity index (χ3n) is 1.82. The van der Waals surface area contributed by atoms with E-state index in [1.54, 1.807) is 0 Å².